The van der Waals surface area contributed by atoms with E-state index in [4.69, 9.17) is 18.6 Å². The number of nitrogens with one attached hydrogen (secondary N) is 1. The molecule has 0 saturated heterocycles. The zero-order chi connectivity index (χ0) is 34.4. The van der Waals surface area contributed by atoms with Crippen LogP contribution in [0.25, 0.3) is 33.1 Å². The second-order valence-corrected chi connectivity index (χ2v) is 13.7. The van der Waals surface area contributed by atoms with Crippen molar-refractivity contribution in [2.45, 2.75) is 36.8 Å². The number of alkyl carbamates (subject to hydrolysis) is 1. The molecular weight excluding hydrogens is 659 g/mol. The number of benzene rings is 5. The van der Waals surface area contributed by atoms with Crippen LogP contribution in [0.5, 0.6) is 5.75 Å². The predicted octanol–water partition coefficient (Wildman–Crippen LogP) is 9.94. The molecule has 0 aliphatic rings. The minimum Gasteiger partial charge on any atom is -0.460 e. The van der Waals surface area contributed by atoms with Gasteiger partial charge in [-0.25, -0.2) is 14.4 Å². The van der Waals surface area contributed by atoms with E-state index < -0.39 is 29.0 Å². The first-order valence-corrected chi connectivity index (χ1v) is 17.6. The lowest BCUT2D eigenvalue weighted by molar-refractivity contribution is -0.136. The van der Waals surface area contributed by atoms with Gasteiger partial charge in [0.25, 0.3) is 0 Å². The van der Waals surface area contributed by atoms with E-state index in [0.717, 1.165) is 43.8 Å². The fraction of sp³-hybridized carbons (Fsp3) is 0.154. The molecule has 6 aromatic rings. The van der Waals surface area contributed by atoms with Crippen LogP contribution in [-0.4, -0.2) is 30.5 Å². The summed E-state index contributed by atoms with van der Waals surface area (Å²) in [5, 5.41) is 3.84. The van der Waals surface area contributed by atoms with Crippen molar-refractivity contribution >= 4 is 60.9 Å². The van der Waals surface area contributed by atoms with Crippen LogP contribution in [0, 0.1) is 0 Å². The van der Waals surface area contributed by atoms with E-state index in [-0.39, 0.29) is 12.2 Å². The van der Waals surface area contributed by atoms with E-state index in [9.17, 15) is 14.4 Å². The first-order chi connectivity index (χ1) is 23.7. The molecule has 1 aromatic heterocycles. The fourth-order valence-electron chi connectivity index (χ4n) is 5.41. The lowest BCUT2D eigenvalue weighted by Gasteiger charge is -2.27. The summed E-state index contributed by atoms with van der Waals surface area (Å²) >= 11 is 0. The van der Waals surface area contributed by atoms with E-state index in [1.54, 1.807) is 26.0 Å². The summed E-state index contributed by atoms with van der Waals surface area (Å²) in [7, 11) is 3.47. The second-order valence-electron chi connectivity index (χ2n) is 11.6. The van der Waals surface area contributed by atoms with Gasteiger partial charge in [-0.05, 0) is 59.0 Å². The molecule has 10 heteroatoms. The maximum Gasteiger partial charge on any atom is 0.408 e. The van der Waals surface area contributed by atoms with Crippen LogP contribution in [0.15, 0.2) is 131 Å². The molecule has 0 fully saturated rings. The number of rotatable bonds is 10. The van der Waals surface area contributed by atoms with E-state index >= 15 is 0 Å². The van der Waals surface area contributed by atoms with E-state index in [0.29, 0.717) is 16.1 Å². The number of carbonyl (C=O) groups is 3. The van der Waals surface area contributed by atoms with Crippen molar-refractivity contribution in [1.82, 2.24) is 5.32 Å². The topological polar surface area (TPSA) is 104 Å². The zero-order valence-corrected chi connectivity index (χ0v) is 28.6. The summed E-state index contributed by atoms with van der Waals surface area (Å²) in [6.45, 7) is 3.60. The summed E-state index contributed by atoms with van der Waals surface area (Å²) in [5.41, 5.74) is 3.66. The molecule has 0 aliphatic carbocycles. The van der Waals surface area contributed by atoms with Gasteiger partial charge in [-0.2, -0.15) is 0 Å². The molecule has 1 atom stereocenters. The van der Waals surface area contributed by atoms with Gasteiger partial charge in [-0.15, -0.1) is 0 Å². The third-order valence-electron chi connectivity index (χ3n) is 7.92. The molecule has 49 heavy (non-hydrogen) atoms. The molecule has 1 amide bonds. The molecule has 1 heterocycles. The Hall–Kier alpha value is -5.19. The average molecular weight is 692 g/mol. The molecular formula is C39H33NO7S2. The molecule has 6 rings (SSSR count). The Morgan fingerprint density at radius 2 is 1.39 bits per heavy atom. The minimum absolute atomic E-state index is 0.169. The molecule has 1 N–H and O–H groups in total. The normalized spacial score (nSPS) is 12.0. The van der Waals surface area contributed by atoms with Crippen molar-refractivity contribution in [2.24, 2.45) is 0 Å². The SMILES string of the molecule is COC(=O)SSc1cccc2c1oc1c(OC(=O)C(Cc3ccccc3)NC(=O)OC(C)(C)c3ccc(-c4ccccc4)cc3)cccc12. The first-order valence-electron chi connectivity index (χ1n) is 15.5. The highest BCUT2D eigenvalue weighted by atomic mass is 33.1. The van der Waals surface area contributed by atoms with Gasteiger partial charge in [0.15, 0.2) is 11.3 Å². The number of ether oxygens (including phenoxy) is 3. The lowest BCUT2D eigenvalue weighted by atomic mass is 9.95. The van der Waals surface area contributed by atoms with Crippen molar-refractivity contribution in [1.29, 1.82) is 0 Å². The van der Waals surface area contributed by atoms with Crippen LogP contribution in [0.4, 0.5) is 9.59 Å². The Bertz CT molecular complexity index is 2100. The third kappa shape index (κ3) is 7.93. The van der Waals surface area contributed by atoms with Gasteiger partial charge >= 0.3 is 17.4 Å². The molecule has 0 saturated carbocycles. The van der Waals surface area contributed by atoms with E-state index in [1.165, 1.54) is 17.9 Å². The maximum absolute atomic E-state index is 13.8. The average Bonchev–Trinajstić information content (AvgIpc) is 3.51. The van der Waals surface area contributed by atoms with Crippen molar-refractivity contribution < 1.29 is 33.0 Å². The lowest BCUT2D eigenvalue weighted by Crippen LogP contribution is -2.46. The van der Waals surface area contributed by atoms with Crippen molar-refractivity contribution in [3.63, 3.8) is 0 Å². The number of hydrogen-bond acceptors (Lipinski definition) is 9. The summed E-state index contributed by atoms with van der Waals surface area (Å²) in [4.78, 5) is 39.6. The van der Waals surface area contributed by atoms with Crippen LogP contribution in [-0.2, 0) is 26.3 Å². The van der Waals surface area contributed by atoms with Crippen LogP contribution >= 0.6 is 21.6 Å². The molecule has 8 nitrogen and oxygen atoms in total. The summed E-state index contributed by atoms with van der Waals surface area (Å²) in [6, 6.07) is 37.0. The number of para-hydroxylation sites is 2. The van der Waals surface area contributed by atoms with Gasteiger partial charge in [0.1, 0.15) is 17.2 Å². The highest BCUT2D eigenvalue weighted by Gasteiger charge is 2.30. The van der Waals surface area contributed by atoms with Gasteiger partial charge < -0.3 is 23.9 Å². The van der Waals surface area contributed by atoms with Gasteiger partial charge in [0.2, 0.25) is 0 Å². The predicted molar refractivity (Wildman–Crippen MR) is 194 cm³/mol. The van der Waals surface area contributed by atoms with Crippen molar-refractivity contribution in [3.8, 4) is 16.9 Å². The molecule has 0 radical (unpaired) electrons. The number of amides is 1. The van der Waals surface area contributed by atoms with Gasteiger partial charge in [0, 0.05) is 28.0 Å². The summed E-state index contributed by atoms with van der Waals surface area (Å²) in [6.07, 6.45) is -0.593. The van der Waals surface area contributed by atoms with Gasteiger partial charge in [-0.1, -0.05) is 109 Å². The van der Waals surface area contributed by atoms with E-state index in [2.05, 4.69) is 5.32 Å². The standard InChI is InChI=1S/C39H33NO7S2/c1-39(2,28-22-20-27(21-23-28)26-14-8-5-9-15-26)47-37(42)40-31(24-25-12-6-4-7-13-25)36(41)45-32-18-10-16-29-30-17-11-19-33(35(30)46-34(29)32)48-49-38(43)44-3/h4-23,31H,24H2,1-3H3,(H,40,42). The Balaban J connectivity index is 1.22. The number of furan rings is 1. The highest BCUT2D eigenvalue weighted by molar-refractivity contribution is 8.82. The van der Waals surface area contributed by atoms with Crippen LogP contribution < -0.4 is 10.1 Å². The maximum atomic E-state index is 13.8. The molecule has 0 spiro atoms. The largest absolute Gasteiger partial charge is 0.460 e. The van der Waals surface area contributed by atoms with Crippen LogP contribution in [0.1, 0.15) is 25.0 Å². The molecule has 0 bridgehead atoms. The van der Waals surface area contributed by atoms with E-state index in [1.807, 2.05) is 109 Å². The number of carbonyl (C=O) groups excluding carboxylic acids is 3. The summed E-state index contributed by atoms with van der Waals surface area (Å²) < 4.78 is 22.8. The second kappa shape index (κ2) is 14.9. The molecule has 5 aromatic carbocycles. The number of fused-ring (bicyclic) bond motifs is 3. The number of methoxy groups -OCH3 is 1. The van der Waals surface area contributed by atoms with Crippen LogP contribution in [0.3, 0.4) is 0 Å². The smallest absolute Gasteiger partial charge is 0.408 e. The molecule has 248 valence electrons. The quantitative estimate of drug-likeness (QED) is 0.0854. The Labute approximate surface area is 291 Å². The Kier molecular flexibility index (Phi) is 10.3. The minimum atomic E-state index is -1.08. The highest BCUT2D eigenvalue weighted by Crippen LogP contribution is 2.42. The third-order valence-corrected chi connectivity index (χ3v) is 10.0. The summed E-state index contributed by atoms with van der Waals surface area (Å²) in [5.74, 6) is -0.489. The number of hydrogen-bond donors (Lipinski definition) is 1. The molecule has 1 unspecified atom stereocenters. The monoisotopic (exact) mass is 691 g/mol. The number of esters is 1. The van der Waals surface area contributed by atoms with Gasteiger partial charge in [0.05, 0.1) is 12.0 Å². The van der Waals surface area contributed by atoms with Gasteiger partial charge in [-0.3, -0.25) is 0 Å². The Morgan fingerprint density at radius 3 is 2.08 bits per heavy atom. The van der Waals surface area contributed by atoms with Crippen molar-refractivity contribution in [2.75, 3.05) is 7.11 Å². The van der Waals surface area contributed by atoms with Crippen LogP contribution in [0.2, 0.25) is 0 Å². The fourth-order valence-corrected chi connectivity index (χ4v) is 7.07. The zero-order valence-electron chi connectivity index (χ0n) is 27.0. The molecule has 0 aliphatic heterocycles. The Morgan fingerprint density at radius 1 is 0.755 bits per heavy atom. The first kappa shape index (κ1) is 33.7. The van der Waals surface area contributed by atoms with Crippen molar-refractivity contribution in [3.05, 3.63) is 132 Å².